The SMILES string of the molecule is CCN(c1ccccc1)S(=O)(=O)c1ccc(NC(=O)C2CCCC2)cc1. The third-order valence-corrected chi connectivity index (χ3v) is 6.68. The van der Waals surface area contributed by atoms with Crippen LogP contribution >= 0.6 is 0 Å². The van der Waals surface area contributed by atoms with E-state index in [-0.39, 0.29) is 16.7 Å². The van der Waals surface area contributed by atoms with Gasteiger partial charge in [0.15, 0.2) is 0 Å². The summed E-state index contributed by atoms with van der Waals surface area (Å²) in [5.41, 5.74) is 1.26. The Labute approximate surface area is 155 Å². The molecule has 26 heavy (non-hydrogen) atoms. The summed E-state index contributed by atoms with van der Waals surface area (Å²) in [4.78, 5) is 12.4. The Morgan fingerprint density at radius 3 is 2.23 bits per heavy atom. The molecule has 1 N–H and O–H groups in total. The Hall–Kier alpha value is -2.34. The molecule has 6 heteroatoms. The minimum atomic E-state index is -3.64. The molecule has 0 saturated heterocycles. The Balaban J connectivity index is 1.77. The zero-order valence-electron chi connectivity index (χ0n) is 14.9. The van der Waals surface area contributed by atoms with Gasteiger partial charge >= 0.3 is 0 Å². The van der Waals surface area contributed by atoms with Crippen LogP contribution in [0.2, 0.25) is 0 Å². The molecule has 0 unspecified atom stereocenters. The average Bonchev–Trinajstić information content (AvgIpc) is 3.18. The highest BCUT2D eigenvalue weighted by atomic mass is 32.2. The number of sulfonamides is 1. The van der Waals surface area contributed by atoms with Crippen LogP contribution < -0.4 is 9.62 Å². The second kappa shape index (κ2) is 7.91. The number of carbonyl (C=O) groups is 1. The van der Waals surface area contributed by atoms with Gasteiger partial charge in [0.2, 0.25) is 5.91 Å². The number of carbonyl (C=O) groups excluding carboxylic acids is 1. The molecule has 3 rings (SSSR count). The largest absolute Gasteiger partial charge is 0.326 e. The van der Waals surface area contributed by atoms with Gasteiger partial charge in [0, 0.05) is 18.2 Å². The summed E-state index contributed by atoms with van der Waals surface area (Å²) in [7, 11) is -3.64. The Morgan fingerprint density at radius 1 is 1.04 bits per heavy atom. The molecule has 1 fully saturated rings. The maximum atomic E-state index is 12.9. The zero-order chi connectivity index (χ0) is 18.6. The van der Waals surface area contributed by atoms with E-state index < -0.39 is 10.0 Å². The van der Waals surface area contributed by atoms with Crippen LogP contribution in [0.3, 0.4) is 0 Å². The van der Waals surface area contributed by atoms with E-state index in [0.717, 1.165) is 25.7 Å². The molecule has 2 aromatic rings. The monoisotopic (exact) mass is 372 g/mol. The van der Waals surface area contributed by atoms with Gasteiger partial charge < -0.3 is 5.32 Å². The van der Waals surface area contributed by atoms with Gasteiger partial charge in [-0.2, -0.15) is 0 Å². The summed E-state index contributed by atoms with van der Waals surface area (Å²) in [5.74, 6) is 0.102. The minimum absolute atomic E-state index is 0.0255. The number of para-hydroxylation sites is 1. The molecule has 0 radical (unpaired) electrons. The van der Waals surface area contributed by atoms with Crippen molar-refractivity contribution in [2.75, 3.05) is 16.2 Å². The topological polar surface area (TPSA) is 66.5 Å². The van der Waals surface area contributed by atoms with Crippen LogP contribution in [-0.2, 0) is 14.8 Å². The number of anilines is 2. The summed E-state index contributed by atoms with van der Waals surface area (Å²) < 4.78 is 27.3. The third-order valence-electron chi connectivity index (χ3n) is 4.77. The predicted octanol–water partition coefficient (Wildman–Crippen LogP) is 4.03. The first-order valence-electron chi connectivity index (χ1n) is 9.01. The highest BCUT2D eigenvalue weighted by molar-refractivity contribution is 7.92. The van der Waals surface area contributed by atoms with Crippen molar-refractivity contribution >= 4 is 27.3 Å². The van der Waals surface area contributed by atoms with Crippen LogP contribution in [0.1, 0.15) is 32.6 Å². The second-order valence-corrected chi connectivity index (χ2v) is 8.36. The lowest BCUT2D eigenvalue weighted by molar-refractivity contribution is -0.119. The first-order valence-corrected chi connectivity index (χ1v) is 10.4. The van der Waals surface area contributed by atoms with Gasteiger partial charge in [-0.05, 0) is 56.2 Å². The number of amides is 1. The van der Waals surface area contributed by atoms with Crippen molar-refractivity contribution in [1.29, 1.82) is 0 Å². The summed E-state index contributed by atoms with van der Waals surface area (Å²) in [6.07, 6.45) is 4.06. The smallest absolute Gasteiger partial charge is 0.264 e. The van der Waals surface area contributed by atoms with Crippen molar-refractivity contribution in [1.82, 2.24) is 0 Å². The number of benzene rings is 2. The lowest BCUT2D eigenvalue weighted by Crippen LogP contribution is -2.30. The molecule has 1 saturated carbocycles. The normalized spacial score (nSPS) is 15.0. The maximum Gasteiger partial charge on any atom is 0.264 e. The summed E-state index contributed by atoms with van der Waals surface area (Å²) in [6, 6.07) is 15.4. The molecule has 0 atom stereocenters. The van der Waals surface area contributed by atoms with Crippen LogP contribution in [0.15, 0.2) is 59.5 Å². The quantitative estimate of drug-likeness (QED) is 0.832. The zero-order valence-corrected chi connectivity index (χ0v) is 15.7. The van der Waals surface area contributed by atoms with Gasteiger partial charge in [-0.15, -0.1) is 0 Å². The average molecular weight is 372 g/mol. The number of nitrogens with one attached hydrogen (secondary N) is 1. The van der Waals surface area contributed by atoms with E-state index in [9.17, 15) is 13.2 Å². The number of nitrogens with zero attached hydrogens (tertiary/aromatic N) is 1. The predicted molar refractivity (Wildman–Crippen MR) is 104 cm³/mol. The van der Waals surface area contributed by atoms with Gasteiger partial charge in [0.05, 0.1) is 10.6 Å². The molecular weight excluding hydrogens is 348 g/mol. The molecule has 0 aliphatic heterocycles. The van der Waals surface area contributed by atoms with E-state index >= 15 is 0 Å². The van der Waals surface area contributed by atoms with Crippen LogP contribution in [0.5, 0.6) is 0 Å². The maximum absolute atomic E-state index is 12.9. The van der Waals surface area contributed by atoms with Crippen LogP contribution in [0.4, 0.5) is 11.4 Å². The summed E-state index contributed by atoms with van der Waals surface area (Å²) in [5, 5.41) is 2.89. The molecule has 1 amide bonds. The number of hydrogen-bond acceptors (Lipinski definition) is 3. The van der Waals surface area contributed by atoms with E-state index in [2.05, 4.69) is 5.32 Å². The van der Waals surface area contributed by atoms with Crippen LogP contribution in [0, 0.1) is 5.92 Å². The number of rotatable bonds is 6. The first kappa shape index (κ1) is 18.5. The van der Waals surface area contributed by atoms with Crippen molar-refractivity contribution < 1.29 is 13.2 Å². The van der Waals surface area contributed by atoms with Crippen molar-refractivity contribution in [3.8, 4) is 0 Å². The fraction of sp³-hybridized carbons (Fsp3) is 0.350. The molecule has 2 aromatic carbocycles. The van der Waals surface area contributed by atoms with Crippen molar-refractivity contribution in [2.45, 2.75) is 37.5 Å². The highest BCUT2D eigenvalue weighted by Gasteiger charge is 2.25. The molecule has 0 aromatic heterocycles. The van der Waals surface area contributed by atoms with Crippen LogP contribution in [0.25, 0.3) is 0 Å². The first-order chi connectivity index (χ1) is 12.5. The van der Waals surface area contributed by atoms with Gasteiger partial charge in [-0.3, -0.25) is 9.10 Å². The molecule has 0 heterocycles. The van der Waals surface area contributed by atoms with E-state index in [0.29, 0.717) is 17.9 Å². The summed E-state index contributed by atoms with van der Waals surface area (Å²) in [6.45, 7) is 2.15. The van der Waals surface area contributed by atoms with E-state index in [1.165, 1.54) is 4.31 Å². The molecule has 5 nitrogen and oxygen atoms in total. The van der Waals surface area contributed by atoms with Crippen molar-refractivity contribution in [3.63, 3.8) is 0 Å². The molecule has 0 bridgehead atoms. The van der Waals surface area contributed by atoms with Crippen molar-refractivity contribution in [3.05, 3.63) is 54.6 Å². The van der Waals surface area contributed by atoms with E-state index in [1.807, 2.05) is 18.2 Å². The molecular formula is C20H24N2O3S. The highest BCUT2D eigenvalue weighted by Crippen LogP contribution is 2.27. The summed E-state index contributed by atoms with van der Waals surface area (Å²) >= 11 is 0. The van der Waals surface area contributed by atoms with Gasteiger partial charge in [0.25, 0.3) is 10.0 Å². The molecule has 0 spiro atoms. The minimum Gasteiger partial charge on any atom is -0.326 e. The fourth-order valence-electron chi connectivity index (χ4n) is 3.36. The number of hydrogen-bond donors (Lipinski definition) is 1. The Bertz CT molecular complexity index is 842. The van der Waals surface area contributed by atoms with Crippen molar-refractivity contribution in [2.24, 2.45) is 5.92 Å². The lowest BCUT2D eigenvalue weighted by Gasteiger charge is -2.23. The molecule has 1 aliphatic rings. The second-order valence-electron chi connectivity index (χ2n) is 6.50. The Kier molecular flexibility index (Phi) is 5.61. The van der Waals surface area contributed by atoms with Gasteiger partial charge in [0.1, 0.15) is 0 Å². The van der Waals surface area contributed by atoms with E-state index in [4.69, 9.17) is 0 Å². The van der Waals surface area contributed by atoms with Gasteiger partial charge in [-0.1, -0.05) is 31.0 Å². The van der Waals surface area contributed by atoms with Gasteiger partial charge in [-0.25, -0.2) is 8.42 Å². The standard InChI is InChI=1S/C20H24N2O3S/c1-2-22(18-10-4-3-5-11-18)26(24,25)19-14-12-17(13-15-19)21-20(23)16-8-6-7-9-16/h3-5,10-16H,2,6-9H2,1H3,(H,21,23). The molecule has 138 valence electrons. The molecule has 1 aliphatic carbocycles. The third kappa shape index (κ3) is 3.90. The lowest BCUT2D eigenvalue weighted by atomic mass is 10.1. The fourth-order valence-corrected chi connectivity index (χ4v) is 4.83. The van der Waals surface area contributed by atoms with E-state index in [1.54, 1.807) is 43.3 Å². The Morgan fingerprint density at radius 2 is 1.65 bits per heavy atom. The van der Waals surface area contributed by atoms with Crippen LogP contribution in [-0.4, -0.2) is 20.9 Å².